The molecule has 7 nitrogen and oxygen atoms in total. The fourth-order valence-electron chi connectivity index (χ4n) is 5.32. The van der Waals surface area contributed by atoms with Gasteiger partial charge in [0.1, 0.15) is 5.75 Å². The number of nitrogens with one attached hydrogen (secondary N) is 2. The summed E-state index contributed by atoms with van der Waals surface area (Å²) in [4.78, 5) is 14.8. The van der Waals surface area contributed by atoms with Crippen LogP contribution >= 0.6 is 0 Å². The Hall–Kier alpha value is -3.32. The largest absolute Gasteiger partial charge is 0.497 e. The second kappa shape index (κ2) is 9.27. The Labute approximate surface area is 194 Å². The van der Waals surface area contributed by atoms with Crippen molar-refractivity contribution in [2.75, 3.05) is 32.1 Å². The minimum Gasteiger partial charge on any atom is -0.497 e. The highest BCUT2D eigenvalue weighted by molar-refractivity contribution is 5.89. The van der Waals surface area contributed by atoms with E-state index in [2.05, 4.69) is 33.7 Å². The van der Waals surface area contributed by atoms with Crippen molar-refractivity contribution in [3.63, 3.8) is 0 Å². The molecule has 3 aliphatic rings. The zero-order chi connectivity index (χ0) is 22.8. The van der Waals surface area contributed by atoms with Crippen LogP contribution in [0.5, 0.6) is 5.75 Å². The van der Waals surface area contributed by atoms with E-state index in [9.17, 15) is 4.79 Å². The second-order valence-electron chi connectivity index (χ2n) is 9.05. The van der Waals surface area contributed by atoms with E-state index in [1.807, 2.05) is 54.2 Å². The van der Waals surface area contributed by atoms with Gasteiger partial charge in [0.25, 0.3) is 0 Å². The zero-order valence-corrected chi connectivity index (χ0v) is 19.2. The molecule has 2 bridgehead atoms. The average molecular weight is 446 g/mol. The normalized spacial score (nSPS) is 23.8. The topological polar surface area (TPSA) is 71.4 Å². The third kappa shape index (κ3) is 4.59. The van der Waals surface area contributed by atoms with Gasteiger partial charge in [-0.15, -0.1) is 0 Å². The van der Waals surface area contributed by atoms with Gasteiger partial charge in [0.15, 0.2) is 0 Å². The summed E-state index contributed by atoms with van der Waals surface area (Å²) in [6.07, 6.45) is 2.29. The molecule has 3 saturated heterocycles. The van der Waals surface area contributed by atoms with Crippen molar-refractivity contribution in [3.8, 4) is 17.0 Å². The van der Waals surface area contributed by atoms with E-state index in [1.54, 1.807) is 7.11 Å². The summed E-state index contributed by atoms with van der Waals surface area (Å²) < 4.78 is 7.32. The van der Waals surface area contributed by atoms with Crippen molar-refractivity contribution >= 4 is 11.7 Å². The lowest BCUT2D eigenvalue weighted by molar-refractivity contribution is 0.0296. The van der Waals surface area contributed by atoms with Gasteiger partial charge in [-0.25, -0.2) is 4.79 Å². The van der Waals surface area contributed by atoms with Crippen LogP contribution in [-0.4, -0.2) is 53.5 Å². The number of hydrogen-bond acceptors (Lipinski definition) is 4. The van der Waals surface area contributed by atoms with E-state index >= 15 is 0 Å². The maximum Gasteiger partial charge on any atom is 0.319 e. The van der Waals surface area contributed by atoms with Crippen LogP contribution < -0.4 is 15.4 Å². The van der Waals surface area contributed by atoms with Gasteiger partial charge in [-0.05, 0) is 67.8 Å². The molecule has 4 atom stereocenters. The van der Waals surface area contributed by atoms with Crippen molar-refractivity contribution in [2.45, 2.75) is 24.8 Å². The first-order valence-corrected chi connectivity index (χ1v) is 11.6. The third-order valence-electron chi connectivity index (χ3n) is 7.09. The number of aryl methyl sites for hydroxylation is 1. The molecule has 33 heavy (non-hydrogen) atoms. The minimum atomic E-state index is -0.142. The van der Waals surface area contributed by atoms with Crippen molar-refractivity contribution in [2.24, 2.45) is 13.0 Å². The van der Waals surface area contributed by atoms with E-state index in [0.29, 0.717) is 24.4 Å². The highest BCUT2D eigenvalue weighted by Gasteiger charge is 2.41. The molecule has 3 aromatic rings. The molecule has 2 N–H and O–H groups in total. The van der Waals surface area contributed by atoms with Gasteiger partial charge in [0.05, 0.1) is 12.8 Å². The molecule has 4 heterocycles. The fourth-order valence-corrected chi connectivity index (χ4v) is 5.32. The monoisotopic (exact) mass is 445 g/mol. The van der Waals surface area contributed by atoms with Crippen LogP contribution in [0.1, 0.15) is 24.5 Å². The van der Waals surface area contributed by atoms with Crippen LogP contribution in [0, 0.1) is 5.92 Å². The zero-order valence-electron chi connectivity index (χ0n) is 19.2. The summed E-state index contributed by atoms with van der Waals surface area (Å²) in [6.45, 7) is 2.78. The first-order chi connectivity index (χ1) is 16.1. The lowest BCUT2D eigenvalue weighted by atomic mass is 9.74. The maximum atomic E-state index is 12.3. The van der Waals surface area contributed by atoms with Gasteiger partial charge < -0.3 is 15.4 Å². The lowest BCUT2D eigenvalue weighted by Crippen LogP contribution is -2.56. The Bertz CT molecular complexity index is 1100. The standard InChI is InChI=1S/C26H31N5O2/c1-30-25(15-24(29-30)18-8-10-22(33-2)11-9-18)23-17-31-13-12-19(23)14-21(31)16-27-26(32)28-20-6-4-3-5-7-20/h3-11,15,19,21,23H,12-14,16-17H2,1-2H3,(H2,27,28,32). The smallest absolute Gasteiger partial charge is 0.319 e. The van der Waals surface area contributed by atoms with Crippen molar-refractivity contribution < 1.29 is 9.53 Å². The highest BCUT2D eigenvalue weighted by atomic mass is 16.5. The van der Waals surface area contributed by atoms with E-state index in [4.69, 9.17) is 9.84 Å². The Morgan fingerprint density at radius 3 is 2.64 bits per heavy atom. The van der Waals surface area contributed by atoms with Crippen LogP contribution in [0.15, 0.2) is 60.7 Å². The molecular formula is C26H31N5O2. The summed E-state index contributed by atoms with van der Waals surface area (Å²) in [5.74, 6) is 1.93. The second-order valence-corrected chi connectivity index (χ2v) is 9.05. The molecule has 2 amide bonds. The number of para-hydroxylation sites is 1. The Kier molecular flexibility index (Phi) is 6.05. The Morgan fingerprint density at radius 1 is 1.15 bits per heavy atom. The predicted octanol–water partition coefficient (Wildman–Crippen LogP) is 4.10. The summed E-state index contributed by atoms with van der Waals surface area (Å²) in [6, 6.07) is 20.1. The van der Waals surface area contributed by atoms with Crippen LogP contribution in [0.25, 0.3) is 11.3 Å². The number of carbonyl (C=O) groups is 1. The number of rotatable bonds is 6. The molecule has 6 rings (SSSR count). The van der Waals surface area contributed by atoms with Crippen molar-refractivity contribution in [1.82, 2.24) is 20.0 Å². The third-order valence-corrected chi connectivity index (χ3v) is 7.09. The van der Waals surface area contributed by atoms with E-state index < -0.39 is 0 Å². The number of nitrogens with zero attached hydrogens (tertiary/aromatic N) is 3. The molecule has 0 spiro atoms. The molecule has 3 fully saturated rings. The summed E-state index contributed by atoms with van der Waals surface area (Å²) in [5, 5.41) is 10.8. The molecule has 1 aromatic heterocycles. The van der Waals surface area contributed by atoms with Crippen LogP contribution in [-0.2, 0) is 7.05 Å². The van der Waals surface area contributed by atoms with Crippen molar-refractivity contribution in [3.05, 3.63) is 66.4 Å². The van der Waals surface area contributed by atoms with Crippen LogP contribution in [0.4, 0.5) is 10.5 Å². The number of methoxy groups -OCH3 is 1. The average Bonchev–Trinajstić information content (AvgIpc) is 3.25. The number of hydrogen-bond donors (Lipinski definition) is 2. The quantitative estimate of drug-likeness (QED) is 0.599. The van der Waals surface area contributed by atoms with E-state index in [0.717, 1.165) is 42.2 Å². The molecule has 172 valence electrons. The summed E-state index contributed by atoms with van der Waals surface area (Å²) >= 11 is 0. The highest BCUT2D eigenvalue weighted by Crippen LogP contribution is 2.42. The van der Waals surface area contributed by atoms with Gasteiger partial charge in [0, 0.05) is 49.0 Å². The maximum absolute atomic E-state index is 12.3. The Morgan fingerprint density at radius 2 is 1.94 bits per heavy atom. The van der Waals surface area contributed by atoms with E-state index in [1.165, 1.54) is 12.1 Å². The minimum absolute atomic E-state index is 0.142. The molecule has 0 aliphatic carbocycles. The molecule has 3 aliphatic heterocycles. The molecule has 7 heteroatoms. The number of benzene rings is 2. The van der Waals surface area contributed by atoms with Gasteiger partial charge in [-0.3, -0.25) is 9.58 Å². The number of aromatic nitrogens is 2. The summed E-state index contributed by atoms with van der Waals surface area (Å²) in [5.41, 5.74) is 4.21. The molecular weight excluding hydrogens is 414 g/mol. The number of piperidine rings is 3. The number of urea groups is 1. The Balaban J connectivity index is 1.21. The van der Waals surface area contributed by atoms with Crippen LogP contribution in [0.3, 0.4) is 0 Å². The first-order valence-electron chi connectivity index (χ1n) is 11.6. The predicted molar refractivity (Wildman–Crippen MR) is 129 cm³/mol. The van der Waals surface area contributed by atoms with Gasteiger partial charge in [-0.1, -0.05) is 18.2 Å². The lowest BCUT2D eigenvalue weighted by Gasteiger charge is -2.49. The summed E-state index contributed by atoms with van der Waals surface area (Å²) in [7, 11) is 3.73. The van der Waals surface area contributed by atoms with Gasteiger partial charge in [-0.2, -0.15) is 5.10 Å². The SMILES string of the molecule is COc1ccc(-c2cc(C3CN4CCC3CC4CNC(=O)Nc3ccccc3)n(C)n2)cc1. The molecule has 0 radical (unpaired) electrons. The number of anilines is 1. The van der Waals surface area contributed by atoms with Gasteiger partial charge in [0.2, 0.25) is 0 Å². The number of carbonyl (C=O) groups excluding carboxylic acids is 1. The van der Waals surface area contributed by atoms with Gasteiger partial charge >= 0.3 is 6.03 Å². The molecule has 2 aromatic carbocycles. The number of ether oxygens (including phenoxy) is 1. The van der Waals surface area contributed by atoms with Crippen molar-refractivity contribution in [1.29, 1.82) is 0 Å². The molecule has 0 saturated carbocycles. The molecule has 4 unspecified atom stereocenters. The van der Waals surface area contributed by atoms with Crippen LogP contribution in [0.2, 0.25) is 0 Å². The first kappa shape index (κ1) is 21.5. The number of fused-ring (bicyclic) bond motifs is 3. The fraction of sp³-hybridized carbons (Fsp3) is 0.385. The van der Waals surface area contributed by atoms with E-state index in [-0.39, 0.29) is 6.03 Å². The number of amides is 2.